The minimum atomic E-state index is -0.184. The average Bonchev–Trinajstić information content (AvgIpc) is 3.24. The minimum Gasteiger partial charge on any atom is -0.376 e. The number of nitrogens with zero attached hydrogens (tertiary/aromatic N) is 2. The number of hydrogen-bond donors (Lipinski definition) is 1. The van der Waals surface area contributed by atoms with E-state index in [1.165, 1.54) is 23.1 Å². The maximum Gasteiger partial charge on any atom is 0.206 e. The fourth-order valence-electron chi connectivity index (χ4n) is 2.38. The van der Waals surface area contributed by atoms with Gasteiger partial charge in [-0.3, -0.25) is 4.79 Å². The van der Waals surface area contributed by atoms with Gasteiger partial charge in [-0.2, -0.15) is 0 Å². The van der Waals surface area contributed by atoms with Crippen LogP contribution in [0.3, 0.4) is 0 Å². The van der Waals surface area contributed by atoms with Crippen molar-refractivity contribution in [2.45, 2.75) is 35.5 Å². The molecule has 0 bridgehead atoms. The number of Topliss-reactive ketones (excluding diaryl/α,β-unsaturated/α-hetero) is 1. The van der Waals surface area contributed by atoms with E-state index in [1.54, 1.807) is 0 Å². The summed E-state index contributed by atoms with van der Waals surface area (Å²) in [5.74, 6) is 0.111. The van der Waals surface area contributed by atoms with E-state index in [4.69, 9.17) is 4.74 Å². The zero-order valence-electron chi connectivity index (χ0n) is 12.9. The molecule has 1 aliphatic heterocycles. The van der Waals surface area contributed by atoms with Gasteiger partial charge in [0, 0.05) is 18.7 Å². The number of ether oxygens (including phenoxy) is 1. The van der Waals surface area contributed by atoms with Gasteiger partial charge >= 0.3 is 0 Å². The number of rotatable bonds is 7. The second kappa shape index (κ2) is 7.90. The molecular formula is C16H19N3O2S2. The highest BCUT2D eigenvalue weighted by atomic mass is 32.2. The first-order valence-electron chi connectivity index (χ1n) is 7.67. The molecule has 2 heterocycles. The van der Waals surface area contributed by atoms with Crippen molar-refractivity contribution < 1.29 is 9.53 Å². The number of hydrogen-bond acceptors (Lipinski definition) is 7. The molecule has 0 aliphatic carbocycles. The van der Waals surface area contributed by atoms with Gasteiger partial charge in [-0.1, -0.05) is 53.4 Å². The Morgan fingerprint density at radius 1 is 1.43 bits per heavy atom. The summed E-state index contributed by atoms with van der Waals surface area (Å²) in [6, 6.07) is 9.35. The lowest BCUT2D eigenvalue weighted by Crippen LogP contribution is -2.18. The first-order chi connectivity index (χ1) is 11.2. The zero-order chi connectivity index (χ0) is 16.1. The number of carbonyl (C=O) groups excluding carboxylic acids is 1. The highest BCUT2D eigenvalue weighted by molar-refractivity contribution is 8.02. The second-order valence-electron chi connectivity index (χ2n) is 5.38. The standard InChI is InChI=1S/C16H19N3O2S2/c1-11(14(20)12-6-3-2-4-7-12)22-16-19-18-15(23-16)17-10-13-8-5-9-21-13/h2-4,6-7,11,13H,5,8-10H2,1H3,(H,17,18). The summed E-state index contributed by atoms with van der Waals surface area (Å²) in [5.41, 5.74) is 0.730. The highest BCUT2D eigenvalue weighted by Gasteiger charge is 2.19. The Labute approximate surface area is 143 Å². The molecule has 122 valence electrons. The second-order valence-corrected chi connectivity index (χ2v) is 7.94. The molecule has 2 atom stereocenters. The third-order valence-corrected chi connectivity index (χ3v) is 5.68. The van der Waals surface area contributed by atoms with Crippen molar-refractivity contribution in [2.24, 2.45) is 0 Å². The lowest BCUT2D eigenvalue weighted by Gasteiger charge is -2.08. The Morgan fingerprint density at radius 2 is 2.26 bits per heavy atom. The third kappa shape index (κ3) is 4.53. The van der Waals surface area contributed by atoms with E-state index in [0.717, 1.165) is 41.0 Å². The van der Waals surface area contributed by atoms with Gasteiger partial charge in [0.25, 0.3) is 0 Å². The Kier molecular flexibility index (Phi) is 5.64. The molecule has 0 amide bonds. The first kappa shape index (κ1) is 16.4. The molecule has 1 fully saturated rings. The summed E-state index contributed by atoms with van der Waals surface area (Å²) in [5, 5.41) is 12.1. The maximum absolute atomic E-state index is 12.4. The first-order valence-corrected chi connectivity index (χ1v) is 9.37. The summed E-state index contributed by atoms with van der Waals surface area (Å²) in [6.07, 6.45) is 2.49. The van der Waals surface area contributed by atoms with Crippen LogP contribution in [0.1, 0.15) is 30.1 Å². The topological polar surface area (TPSA) is 64.1 Å². The van der Waals surface area contributed by atoms with E-state index in [2.05, 4.69) is 15.5 Å². The van der Waals surface area contributed by atoms with Gasteiger partial charge in [-0.25, -0.2) is 0 Å². The molecule has 2 aromatic rings. The number of carbonyl (C=O) groups is 1. The summed E-state index contributed by atoms with van der Waals surface area (Å²) in [7, 11) is 0. The van der Waals surface area contributed by atoms with E-state index in [-0.39, 0.29) is 17.1 Å². The van der Waals surface area contributed by atoms with Crippen molar-refractivity contribution in [3.05, 3.63) is 35.9 Å². The van der Waals surface area contributed by atoms with Crippen LogP contribution in [0.2, 0.25) is 0 Å². The predicted molar refractivity (Wildman–Crippen MR) is 93.5 cm³/mol. The van der Waals surface area contributed by atoms with Crippen molar-refractivity contribution in [3.8, 4) is 0 Å². The normalized spacial score (nSPS) is 18.7. The molecule has 2 unspecified atom stereocenters. The molecule has 5 nitrogen and oxygen atoms in total. The number of benzene rings is 1. The fourth-order valence-corrected chi connectivity index (χ4v) is 4.36. The third-order valence-electron chi connectivity index (χ3n) is 3.62. The molecule has 23 heavy (non-hydrogen) atoms. The van der Waals surface area contributed by atoms with Crippen molar-refractivity contribution in [3.63, 3.8) is 0 Å². The summed E-state index contributed by atoms with van der Waals surface area (Å²) in [4.78, 5) is 12.4. The van der Waals surface area contributed by atoms with Gasteiger partial charge in [-0.05, 0) is 19.8 Å². The molecule has 1 aliphatic rings. The molecule has 1 saturated heterocycles. The number of ketones is 1. The van der Waals surface area contributed by atoms with E-state index >= 15 is 0 Å². The van der Waals surface area contributed by atoms with Crippen LogP contribution in [0.5, 0.6) is 0 Å². The molecule has 1 aromatic carbocycles. The Bertz CT molecular complexity index is 642. The number of nitrogens with one attached hydrogen (secondary N) is 1. The van der Waals surface area contributed by atoms with E-state index in [9.17, 15) is 4.79 Å². The Balaban J connectivity index is 1.52. The van der Waals surface area contributed by atoms with Crippen LogP contribution in [0.15, 0.2) is 34.7 Å². The van der Waals surface area contributed by atoms with Crippen molar-refractivity contribution >= 4 is 34.0 Å². The summed E-state index contributed by atoms with van der Waals surface area (Å²) >= 11 is 2.93. The minimum absolute atomic E-state index is 0.111. The Hall–Kier alpha value is -1.44. The van der Waals surface area contributed by atoms with Gasteiger partial charge in [0.2, 0.25) is 5.13 Å². The van der Waals surface area contributed by atoms with Gasteiger partial charge < -0.3 is 10.1 Å². The summed E-state index contributed by atoms with van der Waals surface area (Å²) < 4.78 is 6.37. The van der Waals surface area contributed by atoms with E-state index < -0.39 is 0 Å². The maximum atomic E-state index is 12.4. The Morgan fingerprint density at radius 3 is 3.00 bits per heavy atom. The van der Waals surface area contributed by atoms with Crippen LogP contribution in [0, 0.1) is 0 Å². The summed E-state index contributed by atoms with van der Waals surface area (Å²) in [6.45, 7) is 3.52. The van der Waals surface area contributed by atoms with Crippen LogP contribution >= 0.6 is 23.1 Å². The predicted octanol–water partition coefficient (Wildman–Crippen LogP) is 3.49. The van der Waals surface area contributed by atoms with Crippen molar-refractivity contribution in [2.75, 3.05) is 18.5 Å². The van der Waals surface area contributed by atoms with E-state index in [1.807, 2.05) is 37.3 Å². The molecule has 0 radical (unpaired) electrons. The smallest absolute Gasteiger partial charge is 0.206 e. The number of thioether (sulfide) groups is 1. The van der Waals surface area contributed by atoms with Crippen LogP contribution in [-0.4, -0.2) is 40.5 Å². The lowest BCUT2D eigenvalue weighted by molar-refractivity contribution is 0.0994. The van der Waals surface area contributed by atoms with Gasteiger partial charge in [0.15, 0.2) is 10.1 Å². The molecule has 0 spiro atoms. The molecule has 7 heteroatoms. The molecule has 3 rings (SSSR count). The van der Waals surface area contributed by atoms with Gasteiger partial charge in [0.1, 0.15) is 0 Å². The van der Waals surface area contributed by atoms with Crippen LogP contribution < -0.4 is 5.32 Å². The largest absolute Gasteiger partial charge is 0.376 e. The number of anilines is 1. The number of aromatic nitrogens is 2. The monoisotopic (exact) mass is 349 g/mol. The molecule has 1 aromatic heterocycles. The molecule has 1 N–H and O–H groups in total. The van der Waals surface area contributed by atoms with Crippen LogP contribution in [0.25, 0.3) is 0 Å². The SMILES string of the molecule is CC(Sc1nnc(NCC2CCCO2)s1)C(=O)c1ccccc1. The van der Waals surface area contributed by atoms with Gasteiger partial charge in [0.05, 0.1) is 11.4 Å². The molecular weight excluding hydrogens is 330 g/mol. The van der Waals surface area contributed by atoms with E-state index in [0.29, 0.717) is 0 Å². The zero-order valence-corrected chi connectivity index (χ0v) is 14.5. The van der Waals surface area contributed by atoms with Crippen molar-refractivity contribution in [1.82, 2.24) is 10.2 Å². The van der Waals surface area contributed by atoms with Crippen LogP contribution in [0.4, 0.5) is 5.13 Å². The lowest BCUT2D eigenvalue weighted by atomic mass is 10.1. The molecule has 0 saturated carbocycles. The van der Waals surface area contributed by atoms with Crippen LogP contribution in [-0.2, 0) is 4.74 Å². The quantitative estimate of drug-likeness (QED) is 0.610. The van der Waals surface area contributed by atoms with Gasteiger partial charge in [-0.15, -0.1) is 10.2 Å². The van der Waals surface area contributed by atoms with Crippen molar-refractivity contribution in [1.29, 1.82) is 0 Å². The highest BCUT2D eigenvalue weighted by Crippen LogP contribution is 2.30. The fraction of sp³-hybridized carbons (Fsp3) is 0.438. The average molecular weight is 349 g/mol.